The van der Waals surface area contributed by atoms with Crippen molar-refractivity contribution in [2.75, 3.05) is 6.54 Å². The molecule has 9 nitrogen and oxygen atoms in total. The lowest BCUT2D eigenvalue weighted by atomic mass is 9.85. The topological polar surface area (TPSA) is 125 Å². The predicted octanol–water partition coefficient (Wildman–Crippen LogP) is 2.99. The van der Waals surface area contributed by atoms with Gasteiger partial charge >= 0.3 is 0 Å². The van der Waals surface area contributed by atoms with Crippen molar-refractivity contribution in [2.45, 2.75) is 96.8 Å². The number of hydrogen-bond donors (Lipinski definition) is 3. The van der Waals surface area contributed by atoms with Crippen molar-refractivity contribution >= 4 is 35.5 Å². The van der Waals surface area contributed by atoms with Crippen molar-refractivity contribution in [2.24, 2.45) is 17.3 Å². The molecule has 1 aliphatic heterocycles. The van der Waals surface area contributed by atoms with Gasteiger partial charge in [-0.1, -0.05) is 70.9 Å². The molecule has 9 heteroatoms. The van der Waals surface area contributed by atoms with Gasteiger partial charge in [0.15, 0.2) is 0 Å². The lowest BCUT2D eigenvalue weighted by Crippen LogP contribution is -2.59. The molecule has 1 aromatic carbocycles. The summed E-state index contributed by atoms with van der Waals surface area (Å²) >= 11 is 0. The molecule has 1 saturated heterocycles. The van der Waals surface area contributed by atoms with Gasteiger partial charge in [-0.15, -0.1) is 0 Å². The highest BCUT2D eigenvalue weighted by Crippen LogP contribution is 2.43. The molecule has 4 rings (SSSR count). The molecule has 3 aliphatic rings. The highest BCUT2D eigenvalue weighted by molar-refractivity contribution is 6.38. The number of carbonyl (C=O) groups is 5. The van der Waals surface area contributed by atoms with Gasteiger partial charge < -0.3 is 20.9 Å². The molecule has 222 valence electrons. The van der Waals surface area contributed by atoms with Gasteiger partial charge in [0.25, 0.3) is 5.91 Å². The lowest BCUT2D eigenvalue weighted by molar-refractivity contribution is -0.145. The molecule has 3 N–H and O–H groups in total. The van der Waals surface area contributed by atoms with Crippen LogP contribution in [-0.4, -0.2) is 65.0 Å². The molecule has 0 spiro atoms. The van der Waals surface area contributed by atoms with Crippen molar-refractivity contribution in [3.63, 3.8) is 0 Å². The summed E-state index contributed by atoms with van der Waals surface area (Å²) in [4.78, 5) is 67.9. The van der Waals surface area contributed by atoms with E-state index in [9.17, 15) is 24.0 Å². The molecular formula is C32H44N4O5. The van der Waals surface area contributed by atoms with Crippen LogP contribution in [0.25, 0.3) is 6.08 Å². The number of benzene rings is 1. The predicted molar refractivity (Wildman–Crippen MR) is 156 cm³/mol. The fraction of sp³-hybridized carbons (Fsp3) is 0.594. The maximum Gasteiger partial charge on any atom is 0.289 e. The Kier molecular flexibility index (Phi) is 9.66. The molecule has 0 aromatic heterocycles. The van der Waals surface area contributed by atoms with Gasteiger partial charge in [-0.05, 0) is 61.0 Å². The van der Waals surface area contributed by atoms with Crippen LogP contribution in [0.5, 0.6) is 0 Å². The van der Waals surface area contributed by atoms with Gasteiger partial charge in [0.1, 0.15) is 12.1 Å². The fourth-order valence-corrected chi connectivity index (χ4v) is 6.07. The van der Waals surface area contributed by atoms with Gasteiger partial charge in [-0.2, -0.15) is 0 Å². The number of amides is 4. The first-order valence-corrected chi connectivity index (χ1v) is 15.0. The largest absolute Gasteiger partial charge is 0.347 e. The number of ketones is 1. The van der Waals surface area contributed by atoms with Crippen molar-refractivity contribution < 1.29 is 24.0 Å². The molecule has 4 amide bonds. The Morgan fingerprint density at radius 3 is 2.34 bits per heavy atom. The summed E-state index contributed by atoms with van der Waals surface area (Å²) in [6.45, 7) is 7.98. The molecule has 1 aromatic rings. The molecular weight excluding hydrogens is 520 g/mol. The summed E-state index contributed by atoms with van der Waals surface area (Å²) in [6.07, 6.45) is 8.50. The number of carbonyl (C=O) groups excluding carboxylic acids is 5. The van der Waals surface area contributed by atoms with E-state index in [0.717, 1.165) is 37.7 Å². The maximum absolute atomic E-state index is 14.1. The fourth-order valence-electron chi connectivity index (χ4n) is 6.07. The third kappa shape index (κ3) is 7.63. The van der Waals surface area contributed by atoms with Crippen LogP contribution in [0.2, 0.25) is 0 Å². The zero-order valence-electron chi connectivity index (χ0n) is 24.7. The second-order valence-corrected chi connectivity index (χ2v) is 12.8. The Morgan fingerprint density at radius 2 is 1.71 bits per heavy atom. The lowest BCUT2D eigenvalue weighted by Gasteiger charge is -2.36. The Balaban J connectivity index is 1.51. The van der Waals surface area contributed by atoms with Crippen LogP contribution < -0.4 is 16.0 Å². The van der Waals surface area contributed by atoms with Gasteiger partial charge in [0.05, 0.1) is 6.04 Å². The summed E-state index contributed by atoms with van der Waals surface area (Å²) in [6, 6.07) is 6.91. The first-order valence-electron chi connectivity index (χ1n) is 15.0. The molecule has 0 radical (unpaired) electrons. The minimum Gasteiger partial charge on any atom is -0.347 e. The van der Waals surface area contributed by atoms with Crippen molar-refractivity contribution in [1.29, 1.82) is 0 Å². The van der Waals surface area contributed by atoms with E-state index < -0.39 is 47.0 Å². The average Bonchev–Trinajstić information content (AvgIpc) is 3.50. The first-order chi connectivity index (χ1) is 19.5. The van der Waals surface area contributed by atoms with E-state index in [1.54, 1.807) is 11.0 Å². The van der Waals surface area contributed by atoms with Crippen LogP contribution in [0.1, 0.15) is 78.2 Å². The number of rotatable bonds is 11. The number of likely N-dealkylation sites (tertiary alicyclic amines) is 1. The standard InChI is InChI=1S/C32H44N4O5/c1-5-10-24(27(38)30(40)33-22-16-17-22)34-29(39)26-23-14-9-13-21(23)19-36(26)31(41)28(32(2,3)4)35-25(37)18-15-20-11-7-6-8-12-20/h6-8,11-12,15,18,21-24,26,28H,5,9-10,13-14,16-17,19H2,1-4H3,(H,33,40)(H,34,39)(H,35,37)/b18-15+/t21-,23-,24-,26-,28+/m0/s1. The third-order valence-electron chi connectivity index (χ3n) is 8.42. The molecule has 3 fully saturated rings. The van der Waals surface area contributed by atoms with Crippen LogP contribution in [0.3, 0.4) is 0 Å². The minimum absolute atomic E-state index is 0.0223. The molecule has 2 aliphatic carbocycles. The van der Waals surface area contributed by atoms with Crippen LogP contribution in [0.4, 0.5) is 0 Å². The van der Waals surface area contributed by atoms with Crippen molar-refractivity contribution in [3.05, 3.63) is 42.0 Å². The van der Waals surface area contributed by atoms with Gasteiger partial charge in [-0.25, -0.2) is 0 Å². The quantitative estimate of drug-likeness (QED) is 0.282. The number of nitrogens with zero attached hydrogens (tertiary/aromatic N) is 1. The van der Waals surface area contributed by atoms with Crippen LogP contribution in [0, 0.1) is 17.3 Å². The molecule has 1 heterocycles. The highest BCUT2D eigenvalue weighted by Gasteiger charge is 2.52. The number of hydrogen-bond acceptors (Lipinski definition) is 5. The summed E-state index contributed by atoms with van der Waals surface area (Å²) in [7, 11) is 0. The molecule has 2 saturated carbocycles. The highest BCUT2D eigenvalue weighted by atomic mass is 16.2. The van der Waals surface area contributed by atoms with E-state index in [0.29, 0.717) is 19.4 Å². The van der Waals surface area contributed by atoms with Gasteiger partial charge in [0, 0.05) is 18.7 Å². The minimum atomic E-state index is -0.940. The Morgan fingerprint density at radius 1 is 1.00 bits per heavy atom. The smallest absolute Gasteiger partial charge is 0.289 e. The van der Waals surface area contributed by atoms with E-state index >= 15 is 0 Å². The first kappa shape index (κ1) is 30.5. The van der Waals surface area contributed by atoms with E-state index in [-0.39, 0.29) is 23.8 Å². The second-order valence-electron chi connectivity index (χ2n) is 12.8. The summed E-state index contributed by atoms with van der Waals surface area (Å²) in [5.74, 6) is -2.24. The molecule has 5 atom stereocenters. The van der Waals surface area contributed by atoms with E-state index in [2.05, 4.69) is 16.0 Å². The van der Waals surface area contributed by atoms with Gasteiger partial charge in [0.2, 0.25) is 23.5 Å². The van der Waals surface area contributed by atoms with Gasteiger partial charge in [-0.3, -0.25) is 24.0 Å². The zero-order chi connectivity index (χ0) is 29.7. The van der Waals surface area contributed by atoms with Crippen LogP contribution in [0.15, 0.2) is 36.4 Å². The van der Waals surface area contributed by atoms with E-state index in [4.69, 9.17) is 0 Å². The monoisotopic (exact) mass is 564 g/mol. The third-order valence-corrected chi connectivity index (χ3v) is 8.42. The zero-order valence-corrected chi connectivity index (χ0v) is 24.7. The van der Waals surface area contributed by atoms with Crippen molar-refractivity contribution in [3.8, 4) is 0 Å². The van der Waals surface area contributed by atoms with Crippen LogP contribution in [-0.2, 0) is 24.0 Å². The average molecular weight is 565 g/mol. The Hall–Kier alpha value is -3.49. The summed E-state index contributed by atoms with van der Waals surface area (Å²) in [5.41, 5.74) is 0.251. The van der Waals surface area contributed by atoms with E-state index in [1.165, 1.54) is 6.08 Å². The SMILES string of the molecule is CCC[C@H](NC(=O)[C@@H]1[C@H]2CCC[C@H]2CN1C(=O)[C@@H](NC(=O)/C=C/c1ccccc1)C(C)(C)C)C(=O)C(=O)NC1CC1. The van der Waals surface area contributed by atoms with Crippen molar-refractivity contribution in [1.82, 2.24) is 20.9 Å². The second kappa shape index (κ2) is 13.0. The van der Waals surface area contributed by atoms with E-state index in [1.807, 2.05) is 58.0 Å². The molecule has 41 heavy (non-hydrogen) atoms. The summed E-state index contributed by atoms with van der Waals surface area (Å²) < 4.78 is 0. The summed E-state index contributed by atoms with van der Waals surface area (Å²) in [5, 5.41) is 8.46. The number of Topliss-reactive ketones (excluding diaryl/α,β-unsaturated/α-hetero) is 1. The Bertz CT molecular complexity index is 1170. The number of fused-ring (bicyclic) bond motifs is 1. The normalized spacial score (nSPS) is 23.5. The van der Waals surface area contributed by atoms with Crippen LogP contribution >= 0.6 is 0 Å². The molecule has 0 bridgehead atoms. The number of nitrogens with one attached hydrogen (secondary N) is 3. The maximum atomic E-state index is 14.1. The molecule has 0 unspecified atom stereocenters. The Labute approximate surface area is 242 Å².